The van der Waals surface area contributed by atoms with Gasteiger partial charge in [-0.15, -0.1) is 0 Å². The third-order valence-corrected chi connectivity index (χ3v) is 14.1. The largest absolute Gasteiger partial charge is 0.465 e. The first kappa shape index (κ1) is 31.6. The van der Waals surface area contributed by atoms with Crippen molar-refractivity contribution in [2.45, 2.75) is 139 Å². The number of hydrogen-bond acceptors (Lipinski definition) is 6. The number of hydrogen-bond donors (Lipinski definition) is 0. The predicted octanol–water partition coefficient (Wildman–Crippen LogP) is 7.82. The van der Waals surface area contributed by atoms with Gasteiger partial charge in [0, 0.05) is 37.0 Å². The van der Waals surface area contributed by atoms with Crippen molar-refractivity contribution < 1.29 is 28.6 Å². The van der Waals surface area contributed by atoms with Gasteiger partial charge in [-0.2, -0.15) is 0 Å². The predicted molar refractivity (Wildman–Crippen MR) is 162 cm³/mol. The molecule has 4 saturated carbocycles. The molecule has 42 heavy (non-hydrogen) atoms. The zero-order valence-corrected chi connectivity index (χ0v) is 28.0. The van der Waals surface area contributed by atoms with E-state index in [9.17, 15) is 14.4 Å². The van der Waals surface area contributed by atoms with Gasteiger partial charge in [-0.1, -0.05) is 60.1 Å². The molecule has 10 atom stereocenters. The number of carbonyl (C=O) groups excluding carboxylic acids is 3. The Bertz CT molecular complexity index is 1170. The van der Waals surface area contributed by atoms with Crippen molar-refractivity contribution in [2.75, 3.05) is 6.61 Å². The van der Waals surface area contributed by atoms with E-state index in [0.29, 0.717) is 18.4 Å². The van der Waals surface area contributed by atoms with Gasteiger partial charge < -0.3 is 14.2 Å². The van der Waals surface area contributed by atoms with E-state index in [2.05, 4.69) is 54.5 Å². The lowest BCUT2D eigenvalue weighted by molar-refractivity contribution is -0.217. The smallest absolute Gasteiger partial charge is 0.302 e. The molecule has 0 amide bonds. The summed E-state index contributed by atoms with van der Waals surface area (Å²) in [6, 6.07) is 0. The lowest BCUT2D eigenvalue weighted by Crippen LogP contribution is -2.65. The van der Waals surface area contributed by atoms with Crippen LogP contribution in [0, 0.1) is 50.2 Å². The van der Waals surface area contributed by atoms with E-state index < -0.39 is 0 Å². The summed E-state index contributed by atoms with van der Waals surface area (Å²) in [5.41, 5.74) is 1.48. The maximum atomic E-state index is 12.3. The van der Waals surface area contributed by atoms with Crippen LogP contribution >= 0.6 is 0 Å². The maximum absolute atomic E-state index is 12.3. The molecule has 6 heteroatoms. The van der Waals surface area contributed by atoms with Crippen molar-refractivity contribution in [1.29, 1.82) is 0 Å². The first-order valence-electron chi connectivity index (χ1n) is 16.5. The normalized spacial score (nSPS) is 47.4. The summed E-state index contributed by atoms with van der Waals surface area (Å²) < 4.78 is 17.6. The Balaban J connectivity index is 1.53. The summed E-state index contributed by atoms with van der Waals surface area (Å²) in [5.74, 6) is 0.678. The zero-order chi connectivity index (χ0) is 31.1. The van der Waals surface area contributed by atoms with Crippen LogP contribution in [0.3, 0.4) is 0 Å². The van der Waals surface area contributed by atoms with E-state index >= 15 is 0 Å². The Kier molecular flexibility index (Phi) is 7.58. The molecule has 0 bridgehead atoms. The van der Waals surface area contributed by atoms with E-state index in [0.717, 1.165) is 51.4 Å². The molecular weight excluding hydrogens is 528 g/mol. The van der Waals surface area contributed by atoms with Crippen LogP contribution in [0.25, 0.3) is 0 Å². The molecule has 5 aliphatic carbocycles. The van der Waals surface area contributed by atoms with E-state index in [1.165, 1.54) is 20.3 Å². The quantitative estimate of drug-likeness (QED) is 0.190. The number of carbonyl (C=O) groups is 3. The molecule has 0 aromatic heterocycles. The molecule has 0 saturated heterocycles. The van der Waals surface area contributed by atoms with Gasteiger partial charge in [0.25, 0.3) is 0 Å². The van der Waals surface area contributed by atoms with Crippen LogP contribution in [0.4, 0.5) is 0 Å². The fourth-order valence-electron chi connectivity index (χ4n) is 11.7. The van der Waals surface area contributed by atoms with Gasteiger partial charge in [-0.3, -0.25) is 14.4 Å². The summed E-state index contributed by atoms with van der Waals surface area (Å²) >= 11 is 0. The molecule has 236 valence electrons. The van der Waals surface area contributed by atoms with E-state index in [4.69, 9.17) is 14.2 Å². The molecule has 0 radical (unpaired) electrons. The molecule has 5 aliphatic rings. The number of esters is 3. The number of ether oxygens (including phenoxy) is 3. The summed E-state index contributed by atoms with van der Waals surface area (Å²) in [6.07, 6.45) is 11.6. The third-order valence-electron chi connectivity index (χ3n) is 14.1. The van der Waals surface area contributed by atoms with E-state index in [1.54, 1.807) is 12.5 Å². The molecule has 0 N–H and O–H groups in total. The molecule has 5 rings (SSSR count). The highest BCUT2D eigenvalue weighted by molar-refractivity contribution is 5.67. The summed E-state index contributed by atoms with van der Waals surface area (Å²) in [6.45, 7) is 21.8. The second-order valence-corrected chi connectivity index (χ2v) is 16.9. The molecule has 4 fully saturated rings. The van der Waals surface area contributed by atoms with Crippen molar-refractivity contribution in [3.05, 3.63) is 11.6 Å². The number of rotatable bonds is 4. The minimum atomic E-state index is -0.259. The lowest BCUT2D eigenvalue weighted by atomic mass is 9.33. The van der Waals surface area contributed by atoms with Crippen LogP contribution < -0.4 is 0 Å². The van der Waals surface area contributed by atoms with Crippen LogP contribution in [-0.2, 0) is 28.6 Å². The molecule has 0 aromatic rings. The monoisotopic (exact) mass is 584 g/mol. The SMILES string of the molecule is CC(=O)OC[C@]1(C)C[C@@H](OC(C)=O)[C@]2(C)CC[C@]3(C)C(=CC[C@@H]4[C@@]5(C)CC[C@H](OC(C)=O)C(C)(C)[C@@H]5CC[C@]43C)[C@@H]2C1. The van der Waals surface area contributed by atoms with E-state index in [1.807, 2.05) is 0 Å². The first-order chi connectivity index (χ1) is 19.3. The highest BCUT2D eigenvalue weighted by Crippen LogP contribution is 2.76. The second-order valence-electron chi connectivity index (χ2n) is 16.9. The molecule has 0 spiro atoms. The standard InChI is InChI=1S/C36H56O6/c1-22(37)40-21-32(6)19-26-25-11-12-28-34(8)15-14-29(41-23(2)38)31(4,5)27(34)13-16-36(28,10)35(25,9)18-17-33(26,7)30(20-32)42-24(3)39/h11,26-30H,12-21H2,1-10H3/t26-,27-,28+,29-,30+,32-,33+,34-,35+,36+/m0/s1. The maximum Gasteiger partial charge on any atom is 0.302 e. The summed E-state index contributed by atoms with van der Waals surface area (Å²) in [4.78, 5) is 36.2. The van der Waals surface area contributed by atoms with Crippen molar-refractivity contribution in [3.8, 4) is 0 Å². The van der Waals surface area contributed by atoms with Gasteiger partial charge >= 0.3 is 17.9 Å². The van der Waals surface area contributed by atoms with E-state index in [-0.39, 0.29) is 68.5 Å². The Labute approximate surface area is 254 Å². The summed E-state index contributed by atoms with van der Waals surface area (Å²) in [5, 5.41) is 0. The van der Waals surface area contributed by atoms with Gasteiger partial charge in [0.2, 0.25) is 0 Å². The van der Waals surface area contributed by atoms with Crippen LogP contribution in [0.15, 0.2) is 11.6 Å². The van der Waals surface area contributed by atoms with Crippen molar-refractivity contribution in [2.24, 2.45) is 50.2 Å². The van der Waals surface area contributed by atoms with Crippen molar-refractivity contribution in [1.82, 2.24) is 0 Å². The fraction of sp³-hybridized carbons (Fsp3) is 0.861. The average molecular weight is 585 g/mol. The minimum absolute atomic E-state index is 0.0200. The first-order valence-corrected chi connectivity index (χ1v) is 16.5. The zero-order valence-electron chi connectivity index (χ0n) is 28.0. The Morgan fingerprint density at radius 1 is 0.738 bits per heavy atom. The van der Waals surface area contributed by atoms with Crippen molar-refractivity contribution in [3.63, 3.8) is 0 Å². The van der Waals surface area contributed by atoms with Gasteiger partial charge in [0.05, 0.1) is 6.61 Å². The molecule has 0 aliphatic heterocycles. The van der Waals surface area contributed by atoms with Crippen molar-refractivity contribution >= 4 is 17.9 Å². The highest BCUT2D eigenvalue weighted by atomic mass is 16.6. The summed E-state index contributed by atoms with van der Waals surface area (Å²) in [7, 11) is 0. The molecule has 0 unspecified atom stereocenters. The van der Waals surface area contributed by atoms with Gasteiger partial charge in [0.15, 0.2) is 0 Å². The number of allylic oxidation sites excluding steroid dienone is 2. The Morgan fingerprint density at radius 2 is 1.38 bits per heavy atom. The minimum Gasteiger partial charge on any atom is -0.465 e. The molecule has 0 heterocycles. The van der Waals surface area contributed by atoms with Gasteiger partial charge in [-0.05, 0) is 91.8 Å². The van der Waals surface area contributed by atoms with Gasteiger partial charge in [0.1, 0.15) is 12.2 Å². The Morgan fingerprint density at radius 3 is 2.00 bits per heavy atom. The highest BCUT2D eigenvalue weighted by Gasteiger charge is 2.69. The molecule has 6 nitrogen and oxygen atoms in total. The second kappa shape index (κ2) is 10.1. The van der Waals surface area contributed by atoms with Crippen LogP contribution in [0.1, 0.15) is 127 Å². The number of fused-ring (bicyclic) bond motifs is 7. The lowest BCUT2D eigenvalue weighted by Gasteiger charge is -2.71. The van der Waals surface area contributed by atoms with Crippen LogP contribution in [0.5, 0.6) is 0 Å². The topological polar surface area (TPSA) is 78.9 Å². The van der Waals surface area contributed by atoms with Crippen LogP contribution in [-0.4, -0.2) is 36.7 Å². The Hall–Kier alpha value is -1.85. The van der Waals surface area contributed by atoms with Crippen LogP contribution in [0.2, 0.25) is 0 Å². The molecular formula is C36H56O6. The van der Waals surface area contributed by atoms with Gasteiger partial charge in [-0.25, -0.2) is 0 Å². The third kappa shape index (κ3) is 4.59. The fourth-order valence-corrected chi connectivity index (χ4v) is 11.7. The average Bonchev–Trinajstić information content (AvgIpc) is 2.86. The molecule has 0 aromatic carbocycles.